The summed E-state index contributed by atoms with van der Waals surface area (Å²) < 4.78 is 0. The Hall–Kier alpha value is -0.860. The van der Waals surface area contributed by atoms with Gasteiger partial charge in [-0.1, -0.05) is 50.5 Å². The molecule has 1 aliphatic carbocycles. The zero-order valence-corrected chi connectivity index (χ0v) is 11.4. The summed E-state index contributed by atoms with van der Waals surface area (Å²) in [6.45, 7) is 3.34. The van der Waals surface area contributed by atoms with Crippen LogP contribution >= 0.6 is 0 Å². The van der Waals surface area contributed by atoms with Crippen molar-refractivity contribution in [2.45, 2.75) is 57.5 Å². The first-order chi connectivity index (χ1) is 8.79. The summed E-state index contributed by atoms with van der Waals surface area (Å²) in [5.41, 5.74) is 2.76. The second-order valence-electron chi connectivity index (χ2n) is 5.47. The molecule has 2 nitrogen and oxygen atoms in total. The van der Waals surface area contributed by atoms with Crippen LogP contribution in [0.15, 0.2) is 24.3 Å². The van der Waals surface area contributed by atoms with Crippen LogP contribution in [-0.2, 0) is 13.0 Å². The predicted molar refractivity (Wildman–Crippen MR) is 75.6 cm³/mol. The van der Waals surface area contributed by atoms with Crippen molar-refractivity contribution in [1.82, 2.24) is 5.32 Å². The highest BCUT2D eigenvalue weighted by Gasteiger charge is 2.30. The van der Waals surface area contributed by atoms with Crippen molar-refractivity contribution in [2.75, 3.05) is 6.61 Å². The average Bonchev–Trinajstić information content (AvgIpc) is 2.46. The number of aliphatic hydroxyl groups excluding tert-OH is 1. The van der Waals surface area contributed by atoms with Crippen molar-refractivity contribution >= 4 is 0 Å². The fourth-order valence-corrected chi connectivity index (χ4v) is 2.98. The second-order valence-corrected chi connectivity index (χ2v) is 5.47. The van der Waals surface area contributed by atoms with E-state index < -0.39 is 0 Å². The van der Waals surface area contributed by atoms with Gasteiger partial charge in [-0.2, -0.15) is 0 Å². The summed E-state index contributed by atoms with van der Waals surface area (Å²) in [7, 11) is 0. The third-order valence-electron chi connectivity index (χ3n) is 4.27. The van der Waals surface area contributed by atoms with Crippen LogP contribution in [0.5, 0.6) is 0 Å². The van der Waals surface area contributed by atoms with Gasteiger partial charge in [-0.25, -0.2) is 0 Å². The summed E-state index contributed by atoms with van der Waals surface area (Å²) in [5.74, 6) is 0. The molecule has 0 aromatic heterocycles. The summed E-state index contributed by atoms with van der Waals surface area (Å²) in [6, 6.07) is 8.59. The number of hydrogen-bond acceptors (Lipinski definition) is 2. The maximum atomic E-state index is 9.68. The van der Waals surface area contributed by atoms with E-state index in [0.29, 0.717) is 0 Å². The molecular weight excluding hydrogens is 222 g/mol. The van der Waals surface area contributed by atoms with Gasteiger partial charge in [-0.3, -0.25) is 0 Å². The maximum Gasteiger partial charge on any atom is 0.0613 e. The van der Waals surface area contributed by atoms with Crippen LogP contribution in [-0.4, -0.2) is 17.3 Å². The third kappa shape index (κ3) is 3.12. The molecule has 0 radical (unpaired) electrons. The largest absolute Gasteiger partial charge is 0.394 e. The van der Waals surface area contributed by atoms with Gasteiger partial charge in [0.25, 0.3) is 0 Å². The average molecular weight is 247 g/mol. The topological polar surface area (TPSA) is 32.3 Å². The van der Waals surface area contributed by atoms with Crippen LogP contribution in [0.1, 0.15) is 50.2 Å². The van der Waals surface area contributed by atoms with Crippen LogP contribution in [0, 0.1) is 0 Å². The molecule has 0 unspecified atom stereocenters. The van der Waals surface area contributed by atoms with Crippen LogP contribution in [0.25, 0.3) is 0 Å². The molecule has 1 fully saturated rings. The Bertz CT molecular complexity index is 369. The van der Waals surface area contributed by atoms with Gasteiger partial charge in [-0.15, -0.1) is 0 Å². The van der Waals surface area contributed by atoms with E-state index in [4.69, 9.17) is 0 Å². The molecule has 0 saturated heterocycles. The summed E-state index contributed by atoms with van der Waals surface area (Å²) in [6.07, 6.45) is 7.08. The maximum absolute atomic E-state index is 9.68. The Morgan fingerprint density at radius 3 is 2.39 bits per heavy atom. The zero-order chi connectivity index (χ0) is 12.8. The van der Waals surface area contributed by atoms with Crippen LogP contribution < -0.4 is 5.32 Å². The predicted octanol–water partition coefficient (Wildman–Crippen LogP) is 3.03. The smallest absolute Gasteiger partial charge is 0.0613 e. The Morgan fingerprint density at radius 2 is 1.78 bits per heavy atom. The Kier molecular flexibility index (Phi) is 4.79. The van der Waals surface area contributed by atoms with Crippen molar-refractivity contribution in [3.8, 4) is 0 Å². The van der Waals surface area contributed by atoms with E-state index >= 15 is 0 Å². The molecule has 1 saturated carbocycles. The molecule has 0 aliphatic heterocycles. The van der Waals surface area contributed by atoms with Crippen molar-refractivity contribution < 1.29 is 5.11 Å². The molecule has 2 heteroatoms. The Labute approximate surface area is 110 Å². The number of hydrogen-bond donors (Lipinski definition) is 2. The third-order valence-corrected chi connectivity index (χ3v) is 4.27. The fourth-order valence-electron chi connectivity index (χ4n) is 2.98. The molecule has 2 N–H and O–H groups in total. The number of nitrogens with one attached hydrogen (secondary N) is 1. The van der Waals surface area contributed by atoms with E-state index in [1.807, 2.05) is 0 Å². The molecule has 18 heavy (non-hydrogen) atoms. The highest BCUT2D eigenvalue weighted by Crippen LogP contribution is 2.28. The van der Waals surface area contributed by atoms with Crippen molar-refractivity contribution in [1.29, 1.82) is 0 Å². The SMILES string of the molecule is CCc1ccccc1CNC1(CO)CCCCC1. The van der Waals surface area contributed by atoms with Gasteiger partial charge in [0.15, 0.2) is 0 Å². The first kappa shape index (κ1) is 13.6. The standard InChI is InChI=1S/C16H25NO/c1-2-14-8-4-5-9-15(14)12-17-16(13-18)10-6-3-7-11-16/h4-5,8-9,17-18H,2-3,6-7,10-13H2,1H3. The van der Waals surface area contributed by atoms with E-state index in [0.717, 1.165) is 25.8 Å². The minimum atomic E-state index is -0.0287. The minimum Gasteiger partial charge on any atom is -0.394 e. The molecule has 2 rings (SSSR count). The van der Waals surface area contributed by atoms with Crippen molar-refractivity contribution in [3.05, 3.63) is 35.4 Å². The van der Waals surface area contributed by atoms with Gasteiger partial charge < -0.3 is 10.4 Å². The van der Waals surface area contributed by atoms with E-state index in [2.05, 4.69) is 36.5 Å². The van der Waals surface area contributed by atoms with Gasteiger partial charge in [0, 0.05) is 12.1 Å². The molecule has 0 bridgehead atoms. The quantitative estimate of drug-likeness (QED) is 0.838. The molecule has 0 atom stereocenters. The van der Waals surface area contributed by atoms with Gasteiger partial charge in [-0.05, 0) is 30.4 Å². The molecule has 1 aliphatic rings. The lowest BCUT2D eigenvalue weighted by Crippen LogP contribution is -2.49. The summed E-state index contributed by atoms with van der Waals surface area (Å²) >= 11 is 0. The van der Waals surface area contributed by atoms with Crippen LogP contribution in [0.4, 0.5) is 0 Å². The molecule has 1 aromatic carbocycles. The number of aryl methyl sites for hydroxylation is 1. The van der Waals surface area contributed by atoms with E-state index in [9.17, 15) is 5.11 Å². The van der Waals surface area contributed by atoms with Crippen molar-refractivity contribution in [2.24, 2.45) is 0 Å². The van der Waals surface area contributed by atoms with Crippen LogP contribution in [0.2, 0.25) is 0 Å². The van der Waals surface area contributed by atoms with E-state index in [1.54, 1.807) is 0 Å². The molecule has 0 heterocycles. The number of rotatable bonds is 5. The summed E-state index contributed by atoms with van der Waals surface area (Å²) in [4.78, 5) is 0. The lowest BCUT2D eigenvalue weighted by atomic mass is 9.82. The van der Waals surface area contributed by atoms with Crippen molar-refractivity contribution in [3.63, 3.8) is 0 Å². The number of aliphatic hydroxyl groups is 1. The number of benzene rings is 1. The van der Waals surface area contributed by atoms with Gasteiger partial charge in [0.05, 0.1) is 6.61 Å². The Morgan fingerprint density at radius 1 is 1.11 bits per heavy atom. The lowest BCUT2D eigenvalue weighted by molar-refractivity contribution is 0.119. The van der Waals surface area contributed by atoms with Gasteiger partial charge >= 0.3 is 0 Å². The first-order valence-corrected chi connectivity index (χ1v) is 7.22. The highest BCUT2D eigenvalue weighted by atomic mass is 16.3. The first-order valence-electron chi connectivity index (χ1n) is 7.22. The van der Waals surface area contributed by atoms with E-state index in [-0.39, 0.29) is 12.1 Å². The molecular formula is C16H25NO. The lowest BCUT2D eigenvalue weighted by Gasteiger charge is -2.37. The molecule has 0 spiro atoms. The summed E-state index contributed by atoms with van der Waals surface area (Å²) in [5, 5.41) is 13.3. The molecule has 0 amide bonds. The Balaban J connectivity index is 2.01. The van der Waals surface area contributed by atoms with E-state index in [1.165, 1.54) is 30.4 Å². The molecule has 100 valence electrons. The normalized spacial score (nSPS) is 18.8. The monoisotopic (exact) mass is 247 g/mol. The molecule has 1 aromatic rings. The van der Waals surface area contributed by atoms with Gasteiger partial charge in [0.2, 0.25) is 0 Å². The fraction of sp³-hybridized carbons (Fsp3) is 0.625. The second kappa shape index (κ2) is 6.35. The highest BCUT2D eigenvalue weighted by molar-refractivity contribution is 5.27. The van der Waals surface area contributed by atoms with Gasteiger partial charge in [0.1, 0.15) is 0 Å². The van der Waals surface area contributed by atoms with Crippen LogP contribution in [0.3, 0.4) is 0 Å². The zero-order valence-electron chi connectivity index (χ0n) is 11.4. The minimum absolute atomic E-state index is 0.0287.